The number of fused-ring (bicyclic) bond motifs is 1. The number of nitrogens with zero attached hydrogens (tertiary/aromatic N) is 1. The van der Waals surface area contributed by atoms with Gasteiger partial charge in [0.1, 0.15) is 29.3 Å². The van der Waals surface area contributed by atoms with Gasteiger partial charge in [0, 0.05) is 11.3 Å². The molecule has 2 aromatic heterocycles. The van der Waals surface area contributed by atoms with Crippen LogP contribution in [0.2, 0.25) is 0 Å². The van der Waals surface area contributed by atoms with E-state index in [0.29, 0.717) is 29.4 Å². The van der Waals surface area contributed by atoms with Crippen molar-refractivity contribution >= 4 is 28.3 Å². The van der Waals surface area contributed by atoms with Gasteiger partial charge in [0.2, 0.25) is 0 Å². The van der Waals surface area contributed by atoms with Gasteiger partial charge in [-0.2, -0.15) is 0 Å². The van der Waals surface area contributed by atoms with E-state index in [0.717, 1.165) is 34.6 Å². The smallest absolute Gasteiger partial charge is 0.342 e. The van der Waals surface area contributed by atoms with E-state index in [4.69, 9.17) is 13.9 Å². The summed E-state index contributed by atoms with van der Waals surface area (Å²) in [5.74, 6) is 1.41. The van der Waals surface area contributed by atoms with Crippen LogP contribution in [-0.2, 0) is 11.3 Å². The molecule has 0 saturated heterocycles. The Morgan fingerprint density at radius 1 is 1.42 bits per heavy atom. The number of benzene rings is 1. The standard InChI is InChI=1S/C18H17NO4S/c1-10-15(24-9-19-10)8-22-12-5-6-14-13(7-12)16(18(20)21-2)17(23-14)11-3-4-11/h5-7,9,11H,3-4,8H2,1-2H3. The first-order chi connectivity index (χ1) is 11.7. The Bertz CT molecular complexity index is 907. The fourth-order valence-electron chi connectivity index (χ4n) is 2.74. The number of methoxy groups -OCH3 is 1. The van der Waals surface area contributed by atoms with Crippen LogP contribution in [0.1, 0.15) is 45.4 Å². The Labute approximate surface area is 143 Å². The largest absolute Gasteiger partial charge is 0.488 e. The third kappa shape index (κ3) is 2.67. The summed E-state index contributed by atoms with van der Waals surface area (Å²) in [6.07, 6.45) is 2.11. The molecular formula is C18H17NO4S. The number of aryl methyl sites for hydroxylation is 1. The van der Waals surface area contributed by atoms with Crippen LogP contribution in [-0.4, -0.2) is 18.1 Å². The molecule has 4 rings (SSSR count). The van der Waals surface area contributed by atoms with E-state index in [2.05, 4.69) is 4.98 Å². The molecule has 0 N–H and O–H groups in total. The van der Waals surface area contributed by atoms with E-state index in [-0.39, 0.29) is 5.97 Å². The first-order valence-electron chi connectivity index (χ1n) is 7.84. The highest BCUT2D eigenvalue weighted by Gasteiger charge is 2.34. The van der Waals surface area contributed by atoms with Gasteiger partial charge in [-0.05, 0) is 38.0 Å². The molecule has 0 aliphatic heterocycles. The number of hydrogen-bond donors (Lipinski definition) is 0. The molecule has 0 radical (unpaired) electrons. The maximum absolute atomic E-state index is 12.2. The van der Waals surface area contributed by atoms with Crippen molar-refractivity contribution in [3.8, 4) is 5.75 Å². The van der Waals surface area contributed by atoms with E-state index < -0.39 is 0 Å². The lowest BCUT2D eigenvalue weighted by Gasteiger charge is -2.05. The number of ether oxygens (including phenoxy) is 2. The van der Waals surface area contributed by atoms with Crippen LogP contribution in [0.3, 0.4) is 0 Å². The fourth-order valence-corrected chi connectivity index (χ4v) is 3.43. The van der Waals surface area contributed by atoms with Crippen molar-refractivity contribution in [1.29, 1.82) is 0 Å². The Kier molecular flexibility index (Phi) is 3.76. The van der Waals surface area contributed by atoms with Crippen LogP contribution < -0.4 is 4.74 Å². The second-order valence-corrected chi connectivity index (χ2v) is 6.85. The molecule has 124 valence electrons. The predicted octanol–water partition coefficient (Wildman–Crippen LogP) is 4.44. The molecule has 0 spiro atoms. The molecule has 1 fully saturated rings. The molecule has 24 heavy (non-hydrogen) atoms. The summed E-state index contributed by atoms with van der Waals surface area (Å²) < 4.78 is 16.7. The minimum atomic E-state index is -0.355. The molecule has 0 bridgehead atoms. The summed E-state index contributed by atoms with van der Waals surface area (Å²) in [5, 5.41) is 0.752. The maximum Gasteiger partial charge on any atom is 0.342 e. The van der Waals surface area contributed by atoms with Gasteiger partial charge in [-0.15, -0.1) is 11.3 Å². The molecule has 1 aromatic carbocycles. The van der Waals surface area contributed by atoms with Crippen LogP contribution in [0, 0.1) is 6.92 Å². The van der Waals surface area contributed by atoms with E-state index >= 15 is 0 Å². The Morgan fingerprint density at radius 2 is 2.25 bits per heavy atom. The number of carbonyl (C=O) groups excluding carboxylic acids is 1. The van der Waals surface area contributed by atoms with E-state index in [1.807, 2.05) is 30.6 Å². The van der Waals surface area contributed by atoms with Gasteiger partial charge in [0.25, 0.3) is 0 Å². The second kappa shape index (κ2) is 5.94. The number of hydrogen-bond acceptors (Lipinski definition) is 6. The highest BCUT2D eigenvalue weighted by molar-refractivity contribution is 7.09. The van der Waals surface area contributed by atoms with Crippen molar-refractivity contribution in [3.63, 3.8) is 0 Å². The summed E-state index contributed by atoms with van der Waals surface area (Å²) in [7, 11) is 1.39. The van der Waals surface area contributed by atoms with Gasteiger partial charge in [0.05, 0.1) is 23.2 Å². The lowest BCUT2D eigenvalue weighted by molar-refractivity contribution is 0.0600. The number of esters is 1. The van der Waals surface area contributed by atoms with Crippen molar-refractivity contribution in [2.45, 2.75) is 32.3 Å². The first kappa shape index (κ1) is 15.2. The third-order valence-corrected chi connectivity index (χ3v) is 5.15. The van der Waals surface area contributed by atoms with Gasteiger partial charge in [-0.25, -0.2) is 9.78 Å². The van der Waals surface area contributed by atoms with Crippen molar-refractivity contribution in [2.75, 3.05) is 7.11 Å². The molecule has 0 atom stereocenters. The number of aromatic nitrogens is 1. The predicted molar refractivity (Wildman–Crippen MR) is 90.7 cm³/mol. The number of furan rings is 1. The minimum absolute atomic E-state index is 0.329. The monoisotopic (exact) mass is 343 g/mol. The number of rotatable bonds is 5. The van der Waals surface area contributed by atoms with Crippen LogP contribution >= 0.6 is 11.3 Å². The van der Waals surface area contributed by atoms with Crippen LogP contribution in [0.5, 0.6) is 5.75 Å². The summed E-state index contributed by atoms with van der Waals surface area (Å²) in [4.78, 5) is 17.5. The molecule has 1 aliphatic rings. The lowest BCUT2D eigenvalue weighted by atomic mass is 10.1. The first-order valence-corrected chi connectivity index (χ1v) is 8.72. The highest BCUT2D eigenvalue weighted by atomic mass is 32.1. The lowest BCUT2D eigenvalue weighted by Crippen LogP contribution is -2.03. The Morgan fingerprint density at radius 3 is 2.92 bits per heavy atom. The summed E-state index contributed by atoms with van der Waals surface area (Å²) in [6.45, 7) is 2.43. The fraction of sp³-hybridized carbons (Fsp3) is 0.333. The molecule has 0 amide bonds. The van der Waals surface area contributed by atoms with E-state index in [9.17, 15) is 4.79 Å². The van der Waals surface area contributed by atoms with Gasteiger partial charge in [-0.1, -0.05) is 0 Å². The topological polar surface area (TPSA) is 61.6 Å². The molecule has 1 aliphatic carbocycles. The van der Waals surface area contributed by atoms with E-state index in [1.165, 1.54) is 7.11 Å². The molecular weight excluding hydrogens is 326 g/mol. The average Bonchev–Trinajstić information content (AvgIpc) is 3.25. The van der Waals surface area contributed by atoms with Crippen molar-refractivity contribution in [3.05, 3.63) is 45.6 Å². The summed E-state index contributed by atoms with van der Waals surface area (Å²) in [5.41, 5.74) is 4.02. The van der Waals surface area contributed by atoms with E-state index in [1.54, 1.807) is 11.3 Å². The molecule has 2 heterocycles. The molecule has 3 aromatic rings. The number of carbonyl (C=O) groups is 1. The van der Waals surface area contributed by atoms with Crippen LogP contribution in [0.4, 0.5) is 0 Å². The average molecular weight is 343 g/mol. The Balaban J connectivity index is 1.68. The third-order valence-electron chi connectivity index (χ3n) is 4.24. The SMILES string of the molecule is COC(=O)c1c(C2CC2)oc2ccc(OCc3scnc3C)cc12. The van der Waals surface area contributed by atoms with Gasteiger partial charge >= 0.3 is 5.97 Å². The zero-order valence-corrected chi connectivity index (χ0v) is 14.3. The van der Waals surface area contributed by atoms with Crippen molar-refractivity contribution < 1.29 is 18.7 Å². The molecule has 5 nitrogen and oxygen atoms in total. The zero-order valence-electron chi connectivity index (χ0n) is 13.5. The maximum atomic E-state index is 12.2. The minimum Gasteiger partial charge on any atom is -0.488 e. The van der Waals surface area contributed by atoms with Crippen LogP contribution in [0.25, 0.3) is 11.0 Å². The quantitative estimate of drug-likeness (QED) is 0.641. The molecule has 6 heteroatoms. The zero-order chi connectivity index (χ0) is 16.7. The number of thiazole rings is 1. The van der Waals surface area contributed by atoms with Gasteiger partial charge < -0.3 is 13.9 Å². The van der Waals surface area contributed by atoms with Gasteiger partial charge in [-0.3, -0.25) is 0 Å². The molecule has 0 unspecified atom stereocenters. The Hall–Kier alpha value is -2.34. The normalized spacial score (nSPS) is 14.1. The second-order valence-electron chi connectivity index (χ2n) is 5.91. The molecule has 1 saturated carbocycles. The van der Waals surface area contributed by atoms with Crippen LogP contribution in [0.15, 0.2) is 28.1 Å². The highest BCUT2D eigenvalue weighted by Crippen LogP contribution is 2.45. The summed E-state index contributed by atoms with van der Waals surface area (Å²) in [6, 6.07) is 5.57. The van der Waals surface area contributed by atoms with Crippen molar-refractivity contribution in [1.82, 2.24) is 4.98 Å². The van der Waals surface area contributed by atoms with Crippen molar-refractivity contribution in [2.24, 2.45) is 0 Å². The summed E-state index contributed by atoms with van der Waals surface area (Å²) >= 11 is 1.57. The van der Waals surface area contributed by atoms with Gasteiger partial charge in [0.15, 0.2) is 0 Å².